The molecular formula is C17H30N2O2. The molecule has 3 rings (SSSR count). The molecule has 0 aromatic rings. The quantitative estimate of drug-likeness (QED) is 0.816. The SMILES string of the molecule is CCCC1(C(=O)N(CC2CCOC2)C2CC2)CCNCC1. The van der Waals surface area contributed by atoms with Crippen molar-refractivity contribution >= 4 is 5.91 Å². The van der Waals surface area contributed by atoms with E-state index in [0.29, 0.717) is 17.9 Å². The van der Waals surface area contributed by atoms with Gasteiger partial charge in [0.05, 0.1) is 12.0 Å². The van der Waals surface area contributed by atoms with Crippen LogP contribution in [0.15, 0.2) is 0 Å². The summed E-state index contributed by atoms with van der Waals surface area (Å²) in [5.41, 5.74) is -0.0813. The molecule has 120 valence electrons. The largest absolute Gasteiger partial charge is 0.381 e. The van der Waals surface area contributed by atoms with Gasteiger partial charge in [0.15, 0.2) is 0 Å². The number of carbonyl (C=O) groups is 1. The van der Waals surface area contributed by atoms with E-state index in [0.717, 1.165) is 65.0 Å². The van der Waals surface area contributed by atoms with Crippen molar-refractivity contribution in [1.82, 2.24) is 10.2 Å². The summed E-state index contributed by atoms with van der Waals surface area (Å²) in [6, 6.07) is 0.529. The zero-order valence-electron chi connectivity index (χ0n) is 13.4. The first-order chi connectivity index (χ1) is 10.2. The molecule has 4 heteroatoms. The number of nitrogens with zero attached hydrogens (tertiary/aromatic N) is 1. The van der Waals surface area contributed by atoms with Gasteiger partial charge in [-0.05, 0) is 51.6 Å². The lowest BCUT2D eigenvalue weighted by molar-refractivity contribution is -0.145. The van der Waals surface area contributed by atoms with E-state index < -0.39 is 0 Å². The Hall–Kier alpha value is -0.610. The Bertz CT molecular complexity index is 350. The molecule has 0 radical (unpaired) electrons. The number of ether oxygens (including phenoxy) is 1. The average molecular weight is 294 g/mol. The van der Waals surface area contributed by atoms with Gasteiger partial charge in [0.25, 0.3) is 0 Å². The van der Waals surface area contributed by atoms with Gasteiger partial charge in [0.1, 0.15) is 0 Å². The third kappa shape index (κ3) is 3.42. The topological polar surface area (TPSA) is 41.6 Å². The molecule has 2 saturated heterocycles. The van der Waals surface area contributed by atoms with Crippen LogP contribution in [0.3, 0.4) is 0 Å². The number of nitrogens with one attached hydrogen (secondary N) is 1. The van der Waals surface area contributed by atoms with Gasteiger partial charge in [0.2, 0.25) is 5.91 Å². The van der Waals surface area contributed by atoms with Crippen LogP contribution in [0, 0.1) is 11.3 Å². The molecule has 0 spiro atoms. The van der Waals surface area contributed by atoms with Crippen molar-refractivity contribution in [1.29, 1.82) is 0 Å². The van der Waals surface area contributed by atoms with E-state index in [1.165, 1.54) is 12.8 Å². The van der Waals surface area contributed by atoms with E-state index >= 15 is 0 Å². The maximum Gasteiger partial charge on any atom is 0.229 e. The van der Waals surface area contributed by atoms with E-state index in [1.807, 2.05) is 0 Å². The van der Waals surface area contributed by atoms with E-state index in [1.54, 1.807) is 0 Å². The second-order valence-corrected chi connectivity index (χ2v) is 7.20. The second kappa shape index (κ2) is 6.66. The van der Waals surface area contributed by atoms with Crippen molar-refractivity contribution in [2.45, 2.75) is 57.9 Å². The molecule has 4 nitrogen and oxygen atoms in total. The highest BCUT2D eigenvalue weighted by Gasteiger charge is 2.45. The van der Waals surface area contributed by atoms with E-state index in [-0.39, 0.29) is 5.41 Å². The second-order valence-electron chi connectivity index (χ2n) is 7.20. The lowest BCUT2D eigenvalue weighted by Crippen LogP contribution is -2.51. The molecular weight excluding hydrogens is 264 g/mol. The van der Waals surface area contributed by atoms with Gasteiger partial charge in [-0.1, -0.05) is 13.3 Å². The van der Waals surface area contributed by atoms with Gasteiger partial charge in [-0.3, -0.25) is 4.79 Å². The van der Waals surface area contributed by atoms with Crippen molar-refractivity contribution in [3.05, 3.63) is 0 Å². The minimum atomic E-state index is -0.0813. The first kappa shape index (κ1) is 15.3. The third-order valence-corrected chi connectivity index (χ3v) is 5.47. The summed E-state index contributed by atoms with van der Waals surface area (Å²) < 4.78 is 5.51. The van der Waals surface area contributed by atoms with Crippen LogP contribution in [0.5, 0.6) is 0 Å². The molecule has 2 aliphatic heterocycles. The van der Waals surface area contributed by atoms with Crippen LogP contribution in [-0.4, -0.2) is 49.7 Å². The van der Waals surface area contributed by atoms with Gasteiger partial charge in [-0.25, -0.2) is 0 Å². The number of carbonyl (C=O) groups excluding carboxylic acids is 1. The Morgan fingerprint density at radius 3 is 2.62 bits per heavy atom. The number of amides is 1. The summed E-state index contributed by atoms with van der Waals surface area (Å²) in [5.74, 6) is 1.02. The maximum absolute atomic E-state index is 13.3. The lowest BCUT2D eigenvalue weighted by Gasteiger charge is -2.41. The Kier molecular flexibility index (Phi) is 4.85. The van der Waals surface area contributed by atoms with Crippen molar-refractivity contribution in [2.24, 2.45) is 11.3 Å². The van der Waals surface area contributed by atoms with Crippen LogP contribution in [-0.2, 0) is 9.53 Å². The Labute approximate surface area is 128 Å². The van der Waals surface area contributed by atoms with Crippen LogP contribution in [0.4, 0.5) is 0 Å². The molecule has 1 unspecified atom stereocenters. The zero-order valence-corrected chi connectivity index (χ0v) is 13.4. The predicted molar refractivity (Wildman–Crippen MR) is 83.1 cm³/mol. The molecule has 0 aromatic carbocycles. The molecule has 3 aliphatic rings. The predicted octanol–water partition coefficient (Wildman–Crippen LogP) is 2.18. The summed E-state index contributed by atoms with van der Waals surface area (Å²) in [6.45, 7) is 6.86. The smallest absolute Gasteiger partial charge is 0.229 e. The van der Waals surface area contributed by atoms with E-state index in [4.69, 9.17) is 4.74 Å². The molecule has 2 heterocycles. The number of piperidine rings is 1. The minimum Gasteiger partial charge on any atom is -0.381 e. The molecule has 3 fully saturated rings. The third-order valence-electron chi connectivity index (χ3n) is 5.47. The molecule has 0 aromatic heterocycles. The first-order valence-corrected chi connectivity index (χ1v) is 8.85. The number of rotatable bonds is 6. The summed E-state index contributed by atoms with van der Waals surface area (Å²) in [7, 11) is 0. The van der Waals surface area contributed by atoms with Gasteiger partial charge < -0.3 is 15.0 Å². The highest BCUT2D eigenvalue weighted by Crippen LogP contribution is 2.40. The lowest BCUT2D eigenvalue weighted by atomic mass is 9.74. The fraction of sp³-hybridized carbons (Fsp3) is 0.941. The van der Waals surface area contributed by atoms with Gasteiger partial charge in [0, 0.05) is 25.1 Å². The Morgan fingerprint density at radius 2 is 2.05 bits per heavy atom. The summed E-state index contributed by atoms with van der Waals surface area (Å²) >= 11 is 0. The highest BCUT2D eigenvalue weighted by molar-refractivity contribution is 5.83. The molecule has 1 amide bonds. The first-order valence-electron chi connectivity index (χ1n) is 8.85. The number of hydrogen-bond donors (Lipinski definition) is 1. The van der Waals surface area contributed by atoms with Crippen LogP contribution in [0.2, 0.25) is 0 Å². The molecule has 1 aliphatic carbocycles. The molecule has 0 bridgehead atoms. The molecule has 1 saturated carbocycles. The average Bonchev–Trinajstić information content (AvgIpc) is 3.22. The summed E-state index contributed by atoms with van der Waals surface area (Å²) in [4.78, 5) is 15.6. The van der Waals surface area contributed by atoms with E-state index in [2.05, 4.69) is 17.1 Å². The van der Waals surface area contributed by atoms with Gasteiger partial charge in [-0.2, -0.15) is 0 Å². The molecule has 1 atom stereocenters. The zero-order chi connectivity index (χ0) is 14.7. The van der Waals surface area contributed by atoms with Crippen LogP contribution >= 0.6 is 0 Å². The fourth-order valence-electron chi connectivity index (χ4n) is 4.05. The van der Waals surface area contributed by atoms with Gasteiger partial charge in [-0.15, -0.1) is 0 Å². The summed E-state index contributed by atoms with van der Waals surface area (Å²) in [6.07, 6.45) is 7.74. The highest BCUT2D eigenvalue weighted by atomic mass is 16.5. The maximum atomic E-state index is 13.3. The molecule has 1 N–H and O–H groups in total. The Balaban J connectivity index is 1.71. The monoisotopic (exact) mass is 294 g/mol. The minimum absolute atomic E-state index is 0.0813. The Morgan fingerprint density at radius 1 is 1.29 bits per heavy atom. The van der Waals surface area contributed by atoms with Crippen molar-refractivity contribution in [2.75, 3.05) is 32.8 Å². The summed E-state index contributed by atoms with van der Waals surface area (Å²) in [5, 5.41) is 3.42. The number of hydrogen-bond acceptors (Lipinski definition) is 3. The standard InChI is InChI=1S/C17H30N2O2/c1-2-6-17(7-9-18-10-8-17)16(20)19(15-3-4-15)12-14-5-11-21-13-14/h14-15,18H,2-13H2,1H3. The fourth-order valence-corrected chi connectivity index (χ4v) is 4.05. The van der Waals surface area contributed by atoms with Crippen LogP contribution < -0.4 is 5.32 Å². The van der Waals surface area contributed by atoms with Crippen LogP contribution in [0.25, 0.3) is 0 Å². The van der Waals surface area contributed by atoms with Gasteiger partial charge >= 0.3 is 0 Å². The van der Waals surface area contributed by atoms with Crippen LogP contribution in [0.1, 0.15) is 51.9 Å². The van der Waals surface area contributed by atoms with Crippen molar-refractivity contribution in [3.63, 3.8) is 0 Å². The van der Waals surface area contributed by atoms with Crippen molar-refractivity contribution < 1.29 is 9.53 Å². The molecule has 21 heavy (non-hydrogen) atoms. The van der Waals surface area contributed by atoms with Crippen molar-refractivity contribution in [3.8, 4) is 0 Å². The van der Waals surface area contributed by atoms with E-state index in [9.17, 15) is 4.79 Å². The normalized spacial score (nSPS) is 28.5.